The van der Waals surface area contributed by atoms with Crippen LogP contribution in [0.5, 0.6) is 0 Å². The molecule has 2 amide bonds. The third-order valence-electron chi connectivity index (χ3n) is 6.44. The van der Waals surface area contributed by atoms with Crippen LogP contribution in [-0.4, -0.2) is 45.0 Å². The second kappa shape index (κ2) is 10.8. The molecule has 3 atom stereocenters. The molecule has 0 radical (unpaired) electrons. The molecular formula is C24H23F6N5O2S. The summed E-state index contributed by atoms with van der Waals surface area (Å²) in [7, 11) is 1.61. The summed E-state index contributed by atoms with van der Waals surface area (Å²) >= 11 is 0.953. The summed E-state index contributed by atoms with van der Waals surface area (Å²) in [6.45, 7) is 1.58. The Bertz CT molecular complexity index is 1330. The Morgan fingerprint density at radius 2 is 1.76 bits per heavy atom. The Balaban J connectivity index is 1.52. The monoisotopic (exact) mass is 559 g/mol. The predicted molar refractivity (Wildman–Crippen MR) is 127 cm³/mol. The summed E-state index contributed by atoms with van der Waals surface area (Å²) in [5.41, 5.74) is 0.443. The summed E-state index contributed by atoms with van der Waals surface area (Å²) in [5.74, 6) is -4.84. The standard InChI is InChI=1S/C24H23F6N5O2S/c1-11-19(34-22(38-11)18-14(26)4-3-5-15(18)27)21(36)32-17-10-31-35(2)20(17)12-6-8-13(25)16(9-7-12)33-23(37)24(28,29)30/h3-5,10,12-13,16H,6-9H2,1-2H3,(H,32,36)(H,33,37)/t12?,13-,16+/m0/s1. The number of nitrogens with one attached hydrogen (secondary N) is 2. The maximum atomic E-state index is 14.6. The fraction of sp³-hybridized carbons (Fsp3) is 0.417. The van der Waals surface area contributed by atoms with Gasteiger partial charge in [-0.15, -0.1) is 11.3 Å². The lowest BCUT2D eigenvalue weighted by Crippen LogP contribution is -2.46. The molecule has 1 saturated carbocycles. The number of hydrogen-bond acceptors (Lipinski definition) is 5. The minimum atomic E-state index is -5.11. The van der Waals surface area contributed by atoms with Crippen molar-refractivity contribution in [2.75, 3.05) is 5.32 Å². The molecule has 2 aromatic heterocycles. The maximum absolute atomic E-state index is 14.6. The fourth-order valence-electron chi connectivity index (χ4n) is 4.58. The molecule has 4 rings (SSSR count). The van der Waals surface area contributed by atoms with Gasteiger partial charge in [-0.25, -0.2) is 18.2 Å². The quantitative estimate of drug-likeness (QED) is 0.323. The molecule has 7 nitrogen and oxygen atoms in total. The van der Waals surface area contributed by atoms with Gasteiger partial charge in [0.2, 0.25) is 0 Å². The Morgan fingerprint density at radius 3 is 2.42 bits per heavy atom. The molecule has 1 fully saturated rings. The predicted octanol–water partition coefficient (Wildman–Crippen LogP) is 5.43. The number of carbonyl (C=O) groups is 2. The van der Waals surface area contributed by atoms with Gasteiger partial charge in [-0.1, -0.05) is 6.07 Å². The zero-order valence-electron chi connectivity index (χ0n) is 20.2. The molecule has 14 heteroatoms. The summed E-state index contributed by atoms with van der Waals surface area (Å²) < 4.78 is 82.4. The van der Waals surface area contributed by atoms with E-state index in [-0.39, 0.29) is 47.9 Å². The summed E-state index contributed by atoms with van der Waals surface area (Å²) in [4.78, 5) is 29.0. The van der Waals surface area contributed by atoms with Gasteiger partial charge in [-0.3, -0.25) is 14.3 Å². The zero-order valence-corrected chi connectivity index (χ0v) is 21.0. The molecule has 204 valence electrons. The summed E-state index contributed by atoms with van der Waals surface area (Å²) in [6, 6.07) is 2.10. The van der Waals surface area contributed by atoms with Crippen molar-refractivity contribution >= 4 is 28.8 Å². The average molecular weight is 560 g/mol. The van der Waals surface area contributed by atoms with Crippen molar-refractivity contribution in [2.24, 2.45) is 7.05 Å². The minimum absolute atomic E-state index is 0.000591. The molecule has 1 unspecified atom stereocenters. The number of alkyl halides is 4. The smallest absolute Gasteiger partial charge is 0.343 e. The van der Waals surface area contributed by atoms with Crippen LogP contribution in [0.1, 0.15) is 52.7 Å². The highest BCUT2D eigenvalue weighted by atomic mass is 32.1. The van der Waals surface area contributed by atoms with E-state index in [2.05, 4.69) is 15.4 Å². The largest absolute Gasteiger partial charge is 0.471 e. The van der Waals surface area contributed by atoms with Crippen LogP contribution in [0.25, 0.3) is 10.6 Å². The second-order valence-electron chi connectivity index (χ2n) is 8.99. The number of halogens is 6. The SMILES string of the molecule is Cc1sc(-c2c(F)cccc2F)nc1C(=O)Nc1cnn(C)c1C1CC[C@H](F)[C@H](NC(=O)C(F)(F)F)CC1. The van der Waals surface area contributed by atoms with Gasteiger partial charge >= 0.3 is 12.1 Å². The lowest BCUT2D eigenvalue weighted by atomic mass is 9.95. The molecule has 38 heavy (non-hydrogen) atoms. The maximum Gasteiger partial charge on any atom is 0.471 e. The van der Waals surface area contributed by atoms with Gasteiger partial charge in [0.05, 0.1) is 29.2 Å². The first kappa shape index (κ1) is 27.6. The van der Waals surface area contributed by atoms with Gasteiger partial charge in [0.1, 0.15) is 28.5 Å². The number of aromatic nitrogens is 3. The van der Waals surface area contributed by atoms with Gasteiger partial charge in [-0.2, -0.15) is 18.3 Å². The molecule has 0 aliphatic heterocycles. The molecule has 2 N–H and O–H groups in total. The summed E-state index contributed by atoms with van der Waals surface area (Å²) in [5, 5.41) is 8.59. The molecule has 0 spiro atoms. The lowest BCUT2D eigenvalue weighted by molar-refractivity contribution is -0.174. The van der Waals surface area contributed by atoms with Crippen molar-refractivity contribution in [1.82, 2.24) is 20.1 Å². The van der Waals surface area contributed by atoms with Crippen LogP contribution in [0.2, 0.25) is 0 Å². The third kappa shape index (κ3) is 5.69. The van der Waals surface area contributed by atoms with E-state index in [1.807, 2.05) is 0 Å². The number of hydrogen-bond donors (Lipinski definition) is 2. The van der Waals surface area contributed by atoms with Crippen molar-refractivity contribution < 1.29 is 35.9 Å². The molecule has 3 aromatic rings. The number of carbonyl (C=O) groups excluding carboxylic acids is 2. The van der Waals surface area contributed by atoms with E-state index < -0.39 is 41.8 Å². The van der Waals surface area contributed by atoms with Gasteiger partial charge in [0.25, 0.3) is 5.91 Å². The van der Waals surface area contributed by atoms with E-state index in [0.29, 0.717) is 16.3 Å². The Labute approximate surface area is 217 Å². The van der Waals surface area contributed by atoms with E-state index in [0.717, 1.165) is 23.5 Å². The highest BCUT2D eigenvalue weighted by Crippen LogP contribution is 2.37. The van der Waals surface area contributed by atoms with Gasteiger partial charge in [-0.05, 0) is 44.7 Å². The number of nitrogens with zero attached hydrogens (tertiary/aromatic N) is 3. The second-order valence-corrected chi connectivity index (χ2v) is 10.2. The first-order chi connectivity index (χ1) is 17.9. The Kier molecular flexibility index (Phi) is 7.81. The van der Waals surface area contributed by atoms with E-state index in [1.54, 1.807) is 19.3 Å². The van der Waals surface area contributed by atoms with Crippen LogP contribution in [0.4, 0.5) is 32.0 Å². The van der Waals surface area contributed by atoms with Crippen LogP contribution in [-0.2, 0) is 11.8 Å². The Hall–Kier alpha value is -3.42. The fourth-order valence-corrected chi connectivity index (χ4v) is 5.54. The number of rotatable bonds is 5. The first-order valence-electron chi connectivity index (χ1n) is 11.6. The number of benzene rings is 1. The molecule has 0 saturated heterocycles. The third-order valence-corrected chi connectivity index (χ3v) is 7.42. The van der Waals surface area contributed by atoms with Crippen molar-refractivity contribution in [2.45, 2.75) is 56.9 Å². The van der Waals surface area contributed by atoms with Crippen molar-refractivity contribution in [3.05, 3.63) is 52.3 Å². The topological polar surface area (TPSA) is 88.9 Å². The molecule has 0 bridgehead atoms. The van der Waals surface area contributed by atoms with E-state index in [1.165, 1.54) is 16.9 Å². The van der Waals surface area contributed by atoms with Crippen LogP contribution in [0.3, 0.4) is 0 Å². The Morgan fingerprint density at radius 1 is 1.11 bits per heavy atom. The molecule has 1 aromatic carbocycles. The molecule has 1 aliphatic rings. The number of anilines is 1. The highest BCUT2D eigenvalue weighted by Gasteiger charge is 2.42. The summed E-state index contributed by atoms with van der Waals surface area (Å²) in [6.07, 6.45) is -5.08. The van der Waals surface area contributed by atoms with Crippen LogP contribution in [0, 0.1) is 18.6 Å². The van der Waals surface area contributed by atoms with E-state index in [9.17, 15) is 35.9 Å². The molecular weight excluding hydrogens is 536 g/mol. The minimum Gasteiger partial charge on any atom is -0.343 e. The van der Waals surface area contributed by atoms with Crippen LogP contribution >= 0.6 is 11.3 Å². The van der Waals surface area contributed by atoms with Gasteiger partial charge < -0.3 is 10.6 Å². The van der Waals surface area contributed by atoms with Crippen molar-refractivity contribution in [3.8, 4) is 10.6 Å². The van der Waals surface area contributed by atoms with Crippen LogP contribution < -0.4 is 10.6 Å². The zero-order chi connectivity index (χ0) is 27.8. The van der Waals surface area contributed by atoms with Crippen LogP contribution in [0.15, 0.2) is 24.4 Å². The number of aryl methyl sites for hydroxylation is 2. The van der Waals surface area contributed by atoms with Gasteiger partial charge in [0, 0.05) is 17.8 Å². The van der Waals surface area contributed by atoms with Gasteiger partial charge in [0.15, 0.2) is 0 Å². The highest BCUT2D eigenvalue weighted by molar-refractivity contribution is 7.15. The lowest BCUT2D eigenvalue weighted by Gasteiger charge is -2.20. The number of amides is 2. The number of thiazole rings is 1. The van der Waals surface area contributed by atoms with Crippen molar-refractivity contribution in [1.29, 1.82) is 0 Å². The average Bonchev–Trinajstić information content (AvgIpc) is 3.33. The van der Waals surface area contributed by atoms with E-state index in [4.69, 9.17) is 0 Å². The van der Waals surface area contributed by atoms with Crippen molar-refractivity contribution in [3.63, 3.8) is 0 Å². The first-order valence-corrected chi connectivity index (χ1v) is 12.4. The molecule has 2 heterocycles. The normalized spacial score (nSPS) is 20.2. The molecule has 1 aliphatic carbocycles. The van der Waals surface area contributed by atoms with E-state index >= 15 is 0 Å².